The van der Waals surface area contributed by atoms with Crippen molar-refractivity contribution in [1.82, 2.24) is 4.57 Å². The summed E-state index contributed by atoms with van der Waals surface area (Å²) in [6.45, 7) is 8.97. The summed E-state index contributed by atoms with van der Waals surface area (Å²) < 4.78 is 6.28. The van der Waals surface area contributed by atoms with E-state index in [1.807, 2.05) is 12.1 Å². The number of ether oxygens (including phenoxy) is 1. The van der Waals surface area contributed by atoms with Gasteiger partial charge in [0.2, 0.25) is 0 Å². The number of nitrogens with zero attached hydrogens (tertiary/aromatic N) is 1. The van der Waals surface area contributed by atoms with Crippen molar-refractivity contribution in [3.63, 3.8) is 0 Å². The third-order valence-electron chi connectivity index (χ3n) is 3.09. The summed E-state index contributed by atoms with van der Waals surface area (Å²) >= 11 is 0. The number of anilines is 1. The Balaban J connectivity index is 2.44. The third-order valence-corrected chi connectivity index (χ3v) is 3.09. The Morgan fingerprint density at radius 2 is 2.09 bits per heavy atom. The second-order valence-electron chi connectivity index (χ2n) is 6.17. The number of hydrogen-bond donors (Lipinski definition) is 2. The van der Waals surface area contributed by atoms with Crippen molar-refractivity contribution in [2.75, 3.05) is 5.32 Å². The van der Waals surface area contributed by atoms with Gasteiger partial charge in [-0.2, -0.15) is 0 Å². The summed E-state index contributed by atoms with van der Waals surface area (Å²) in [5.74, 6) is 0. The van der Waals surface area contributed by atoms with Crippen molar-refractivity contribution < 1.29 is 19.4 Å². The van der Waals surface area contributed by atoms with E-state index in [2.05, 4.69) is 11.9 Å². The van der Waals surface area contributed by atoms with Crippen molar-refractivity contribution in [2.45, 2.75) is 32.8 Å². The molecule has 0 saturated carbocycles. The molecule has 6 nitrogen and oxygen atoms in total. The van der Waals surface area contributed by atoms with E-state index in [1.54, 1.807) is 32.9 Å². The first-order chi connectivity index (χ1) is 10.7. The second-order valence-corrected chi connectivity index (χ2v) is 6.17. The van der Waals surface area contributed by atoms with Crippen molar-refractivity contribution in [1.29, 1.82) is 0 Å². The maximum atomic E-state index is 12.0. The average Bonchev–Trinajstić information content (AvgIpc) is 2.75. The Morgan fingerprint density at radius 3 is 2.65 bits per heavy atom. The fraction of sp³-hybridized carbons (Fsp3) is 0.294. The number of benzene rings is 1. The number of amides is 1. The Bertz CT molecular complexity index is 769. The summed E-state index contributed by atoms with van der Waals surface area (Å²) in [5, 5.41) is 12.5. The van der Waals surface area contributed by atoms with Crippen LogP contribution in [-0.4, -0.2) is 27.5 Å². The normalized spacial score (nSPS) is 11.3. The molecule has 2 rings (SSSR count). The highest BCUT2D eigenvalue weighted by molar-refractivity contribution is 6.03. The van der Waals surface area contributed by atoms with Gasteiger partial charge in [0.1, 0.15) is 5.60 Å². The first-order valence-electron chi connectivity index (χ1n) is 7.19. The summed E-state index contributed by atoms with van der Waals surface area (Å²) in [6, 6.07) is 5.38. The van der Waals surface area contributed by atoms with E-state index in [-0.39, 0.29) is 0 Å². The number of carbonyl (C=O) groups is 2. The number of allylic oxidation sites excluding steroid dienone is 1. The van der Waals surface area contributed by atoms with E-state index in [0.717, 1.165) is 10.1 Å². The summed E-state index contributed by atoms with van der Waals surface area (Å²) in [4.78, 5) is 23.3. The third kappa shape index (κ3) is 3.91. The van der Waals surface area contributed by atoms with Crippen molar-refractivity contribution in [3.8, 4) is 0 Å². The van der Waals surface area contributed by atoms with Crippen LogP contribution < -0.4 is 5.32 Å². The fourth-order valence-corrected chi connectivity index (χ4v) is 2.24. The minimum Gasteiger partial charge on any atom is -0.464 e. The van der Waals surface area contributed by atoms with Gasteiger partial charge in [-0.15, -0.1) is 6.58 Å². The summed E-state index contributed by atoms with van der Waals surface area (Å²) in [6.07, 6.45) is 2.03. The predicted molar refractivity (Wildman–Crippen MR) is 89.1 cm³/mol. The highest BCUT2D eigenvalue weighted by atomic mass is 16.6. The highest BCUT2D eigenvalue weighted by Gasteiger charge is 2.19. The van der Waals surface area contributed by atoms with Crippen LogP contribution in [0.2, 0.25) is 0 Å². The predicted octanol–water partition coefficient (Wildman–Crippen LogP) is 4.24. The minimum absolute atomic E-state index is 0.391. The zero-order valence-corrected chi connectivity index (χ0v) is 13.4. The first-order valence-corrected chi connectivity index (χ1v) is 7.19. The van der Waals surface area contributed by atoms with Crippen LogP contribution in [0, 0.1) is 0 Å². The average molecular weight is 316 g/mol. The lowest BCUT2D eigenvalue weighted by Gasteiger charge is -2.19. The maximum Gasteiger partial charge on any atom is 0.416 e. The topological polar surface area (TPSA) is 80.6 Å². The lowest BCUT2D eigenvalue weighted by Crippen LogP contribution is -2.27. The summed E-state index contributed by atoms with van der Waals surface area (Å²) in [7, 11) is 0. The van der Waals surface area contributed by atoms with Gasteiger partial charge in [0.25, 0.3) is 0 Å². The summed E-state index contributed by atoms with van der Waals surface area (Å²) in [5.41, 5.74) is 1.23. The lowest BCUT2D eigenvalue weighted by molar-refractivity contribution is 0.0636. The lowest BCUT2D eigenvalue weighted by atomic mass is 10.1. The van der Waals surface area contributed by atoms with E-state index in [0.29, 0.717) is 23.0 Å². The van der Waals surface area contributed by atoms with Crippen molar-refractivity contribution >= 4 is 28.8 Å². The molecular formula is C17H20N2O4. The Labute approximate surface area is 134 Å². The smallest absolute Gasteiger partial charge is 0.416 e. The molecule has 0 radical (unpaired) electrons. The highest BCUT2D eigenvalue weighted by Crippen LogP contribution is 2.28. The molecule has 6 heteroatoms. The SMILES string of the molecule is C=CCc1ccc2c(c1)c(NC(=O)OC(C)(C)C)cn2C(=O)O. The van der Waals surface area contributed by atoms with Gasteiger partial charge >= 0.3 is 12.2 Å². The van der Waals surface area contributed by atoms with Gasteiger partial charge in [-0.05, 0) is 44.9 Å². The molecule has 0 bridgehead atoms. The van der Waals surface area contributed by atoms with Gasteiger partial charge in [0.15, 0.2) is 0 Å². The molecule has 0 atom stereocenters. The molecule has 0 fully saturated rings. The molecule has 2 aromatic rings. The molecule has 1 heterocycles. The zero-order chi connectivity index (χ0) is 17.2. The van der Waals surface area contributed by atoms with Gasteiger partial charge in [-0.25, -0.2) is 9.59 Å². The fourth-order valence-electron chi connectivity index (χ4n) is 2.24. The zero-order valence-electron chi connectivity index (χ0n) is 13.4. The number of carboxylic acid groups (broad SMARTS) is 1. The number of aromatic nitrogens is 1. The molecule has 0 aliphatic rings. The van der Waals surface area contributed by atoms with E-state index >= 15 is 0 Å². The molecule has 0 aliphatic carbocycles. The Morgan fingerprint density at radius 1 is 1.39 bits per heavy atom. The first kappa shape index (κ1) is 16.6. The van der Waals surface area contributed by atoms with Crippen LogP contribution in [0.25, 0.3) is 10.9 Å². The largest absolute Gasteiger partial charge is 0.464 e. The molecule has 1 aromatic heterocycles. The minimum atomic E-state index is -1.12. The van der Waals surface area contributed by atoms with Gasteiger partial charge < -0.3 is 9.84 Å². The van der Waals surface area contributed by atoms with Crippen molar-refractivity contribution in [2.24, 2.45) is 0 Å². The molecule has 1 amide bonds. The maximum absolute atomic E-state index is 12.0. The molecular weight excluding hydrogens is 296 g/mol. The van der Waals surface area contributed by atoms with Gasteiger partial charge in [0, 0.05) is 11.6 Å². The van der Waals surface area contributed by atoms with Crippen LogP contribution in [0.3, 0.4) is 0 Å². The quantitative estimate of drug-likeness (QED) is 0.830. The molecule has 23 heavy (non-hydrogen) atoms. The Hall–Kier alpha value is -2.76. The van der Waals surface area contributed by atoms with E-state index in [9.17, 15) is 14.7 Å². The van der Waals surface area contributed by atoms with E-state index in [4.69, 9.17) is 4.74 Å². The standard InChI is InChI=1S/C17H20N2O4/c1-5-6-11-7-8-14-12(9-11)13(10-19(14)16(21)22)18-15(20)23-17(2,3)4/h5,7-10H,1,6H2,2-4H3,(H,18,20)(H,21,22). The molecule has 0 aliphatic heterocycles. The monoisotopic (exact) mass is 316 g/mol. The van der Waals surface area contributed by atoms with Gasteiger partial charge in [0.05, 0.1) is 11.2 Å². The number of rotatable bonds is 3. The van der Waals surface area contributed by atoms with Gasteiger partial charge in [-0.1, -0.05) is 12.1 Å². The van der Waals surface area contributed by atoms with Crippen LogP contribution in [0.4, 0.5) is 15.3 Å². The molecule has 2 N–H and O–H groups in total. The number of fused-ring (bicyclic) bond motifs is 1. The molecule has 0 saturated heterocycles. The van der Waals surface area contributed by atoms with E-state index in [1.165, 1.54) is 6.20 Å². The number of carbonyl (C=O) groups excluding carboxylic acids is 1. The van der Waals surface area contributed by atoms with Crippen LogP contribution in [-0.2, 0) is 11.2 Å². The second kappa shape index (κ2) is 6.16. The van der Waals surface area contributed by atoms with Crippen LogP contribution in [0.5, 0.6) is 0 Å². The number of nitrogens with one attached hydrogen (secondary N) is 1. The van der Waals surface area contributed by atoms with Crippen LogP contribution >= 0.6 is 0 Å². The molecule has 122 valence electrons. The van der Waals surface area contributed by atoms with Crippen molar-refractivity contribution in [3.05, 3.63) is 42.6 Å². The number of hydrogen-bond acceptors (Lipinski definition) is 3. The van der Waals surface area contributed by atoms with Crippen LogP contribution in [0.1, 0.15) is 26.3 Å². The molecule has 1 aromatic carbocycles. The van der Waals surface area contributed by atoms with Crippen LogP contribution in [0.15, 0.2) is 37.1 Å². The molecule has 0 spiro atoms. The molecule has 0 unspecified atom stereocenters. The van der Waals surface area contributed by atoms with Gasteiger partial charge in [-0.3, -0.25) is 9.88 Å². The Kier molecular flexibility index (Phi) is 4.45. The van der Waals surface area contributed by atoms with E-state index < -0.39 is 17.8 Å².